The lowest BCUT2D eigenvalue weighted by Gasteiger charge is -2.18. The van der Waals surface area contributed by atoms with E-state index in [2.05, 4.69) is 4.74 Å². The molecule has 0 bridgehead atoms. The van der Waals surface area contributed by atoms with Crippen molar-refractivity contribution in [2.45, 2.75) is 6.29 Å². The molecule has 0 fully saturated rings. The molecule has 2 aromatic carbocycles. The molecule has 0 amide bonds. The predicted octanol–water partition coefficient (Wildman–Crippen LogP) is 3.95. The van der Waals surface area contributed by atoms with Gasteiger partial charge in [-0.1, -0.05) is 23.2 Å². The molecule has 0 atom stereocenters. The second kappa shape index (κ2) is 7.20. The summed E-state index contributed by atoms with van der Waals surface area (Å²) in [4.78, 5) is 11.7. The Kier molecular flexibility index (Phi) is 5.31. The van der Waals surface area contributed by atoms with Crippen LogP contribution in [-0.2, 0) is 9.53 Å². The maximum Gasteiger partial charge on any atom is 0.389 e. The SMILES string of the molecule is COC(=O)C(Oc1ccc(Cl)cc1)Oc1ccc(Cl)cc1. The lowest BCUT2D eigenvalue weighted by Crippen LogP contribution is -2.34. The van der Waals surface area contributed by atoms with Crippen molar-refractivity contribution >= 4 is 29.2 Å². The van der Waals surface area contributed by atoms with Crippen LogP contribution in [0.15, 0.2) is 48.5 Å². The summed E-state index contributed by atoms with van der Waals surface area (Å²) in [7, 11) is 1.26. The van der Waals surface area contributed by atoms with Gasteiger partial charge in [-0.25, -0.2) is 4.79 Å². The number of carbonyl (C=O) groups is 1. The average Bonchev–Trinajstić information content (AvgIpc) is 2.50. The van der Waals surface area contributed by atoms with Crippen LogP contribution in [0.25, 0.3) is 0 Å². The number of methoxy groups -OCH3 is 1. The fourth-order valence-corrected chi connectivity index (χ4v) is 1.74. The van der Waals surface area contributed by atoms with Crippen LogP contribution in [-0.4, -0.2) is 19.4 Å². The summed E-state index contributed by atoms with van der Waals surface area (Å²) in [6.45, 7) is 0. The lowest BCUT2D eigenvalue weighted by molar-refractivity contribution is -0.162. The van der Waals surface area contributed by atoms with Crippen molar-refractivity contribution in [2.24, 2.45) is 0 Å². The van der Waals surface area contributed by atoms with E-state index in [0.29, 0.717) is 21.5 Å². The van der Waals surface area contributed by atoms with Crippen molar-refractivity contribution in [3.05, 3.63) is 58.6 Å². The molecule has 4 nitrogen and oxygen atoms in total. The van der Waals surface area contributed by atoms with Gasteiger partial charge in [0.1, 0.15) is 11.5 Å². The van der Waals surface area contributed by atoms with E-state index < -0.39 is 12.3 Å². The van der Waals surface area contributed by atoms with Crippen molar-refractivity contribution in [1.82, 2.24) is 0 Å². The molecule has 0 aliphatic carbocycles. The van der Waals surface area contributed by atoms with Crippen LogP contribution in [0, 0.1) is 0 Å². The molecule has 2 rings (SSSR count). The zero-order valence-corrected chi connectivity index (χ0v) is 12.6. The third-order valence-electron chi connectivity index (χ3n) is 2.51. The Morgan fingerprint density at radius 2 is 1.24 bits per heavy atom. The van der Waals surface area contributed by atoms with Gasteiger partial charge in [0, 0.05) is 10.0 Å². The molecule has 0 aliphatic heterocycles. The second-order valence-electron chi connectivity index (χ2n) is 4.00. The van der Waals surface area contributed by atoms with E-state index in [1.807, 2.05) is 0 Å². The largest absolute Gasteiger partial charge is 0.463 e. The first-order valence-corrected chi connectivity index (χ1v) is 6.76. The Bertz CT molecular complexity index is 549. The second-order valence-corrected chi connectivity index (χ2v) is 4.87. The zero-order chi connectivity index (χ0) is 15.2. The van der Waals surface area contributed by atoms with Crippen molar-refractivity contribution in [1.29, 1.82) is 0 Å². The molecule has 0 radical (unpaired) electrons. The van der Waals surface area contributed by atoms with Crippen LogP contribution < -0.4 is 9.47 Å². The van der Waals surface area contributed by atoms with Crippen LogP contribution in [0.1, 0.15) is 0 Å². The molecule has 0 N–H and O–H groups in total. The minimum atomic E-state index is -1.22. The van der Waals surface area contributed by atoms with E-state index in [0.717, 1.165) is 0 Å². The van der Waals surface area contributed by atoms with Gasteiger partial charge < -0.3 is 14.2 Å². The first kappa shape index (κ1) is 15.5. The highest BCUT2D eigenvalue weighted by molar-refractivity contribution is 6.30. The third kappa shape index (κ3) is 4.55. The monoisotopic (exact) mass is 326 g/mol. The highest BCUT2D eigenvalue weighted by Gasteiger charge is 2.23. The molecule has 6 heteroatoms. The van der Waals surface area contributed by atoms with Gasteiger partial charge in [0.25, 0.3) is 0 Å². The number of carbonyl (C=O) groups excluding carboxylic acids is 1. The van der Waals surface area contributed by atoms with Crippen molar-refractivity contribution in [3.63, 3.8) is 0 Å². The van der Waals surface area contributed by atoms with E-state index in [-0.39, 0.29) is 0 Å². The molecular formula is C15H12Cl2O4. The van der Waals surface area contributed by atoms with Crippen LogP contribution in [0.3, 0.4) is 0 Å². The topological polar surface area (TPSA) is 44.8 Å². The van der Waals surface area contributed by atoms with Gasteiger partial charge in [-0.2, -0.15) is 0 Å². The molecular weight excluding hydrogens is 315 g/mol. The normalized spacial score (nSPS) is 10.3. The highest BCUT2D eigenvalue weighted by Crippen LogP contribution is 2.20. The Morgan fingerprint density at radius 1 is 0.857 bits per heavy atom. The van der Waals surface area contributed by atoms with Crippen LogP contribution in [0.4, 0.5) is 0 Å². The molecule has 0 aliphatic rings. The van der Waals surface area contributed by atoms with Gasteiger partial charge >= 0.3 is 12.3 Å². The Balaban J connectivity index is 2.12. The molecule has 0 heterocycles. The highest BCUT2D eigenvalue weighted by atomic mass is 35.5. The van der Waals surface area contributed by atoms with Gasteiger partial charge in [0.15, 0.2) is 0 Å². The predicted molar refractivity (Wildman–Crippen MR) is 80.0 cm³/mol. The minimum absolute atomic E-state index is 0.434. The number of halogens is 2. The molecule has 21 heavy (non-hydrogen) atoms. The van der Waals surface area contributed by atoms with Gasteiger partial charge in [-0.05, 0) is 48.5 Å². The van der Waals surface area contributed by atoms with E-state index in [9.17, 15) is 4.79 Å². The number of rotatable bonds is 5. The maximum absolute atomic E-state index is 11.7. The summed E-state index contributed by atoms with van der Waals surface area (Å²) in [5, 5.41) is 1.13. The molecule has 0 spiro atoms. The first-order chi connectivity index (χ1) is 10.1. The molecule has 0 unspecified atom stereocenters. The molecule has 110 valence electrons. The summed E-state index contributed by atoms with van der Waals surface area (Å²) >= 11 is 11.6. The van der Waals surface area contributed by atoms with Crippen molar-refractivity contribution < 1.29 is 19.0 Å². The van der Waals surface area contributed by atoms with Gasteiger partial charge in [-0.3, -0.25) is 0 Å². The molecule has 0 saturated carbocycles. The van der Waals surface area contributed by atoms with E-state index in [1.165, 1.54) is 7.11 Å². The lowest BCUT2D eigenvalue weighted by atomic mass is 10.3. The Hall–Kier alpha value is -1.91. The number of ether oxygens (including phenoxy) is 3. The maximum atomic E-state index is 11.7. The number of hydrogen-bond acceptors (Lipinski definition) is 4. The minimum Gasteiger partial charge on any atom is -0.463 e. The van der Waals surface area contributed by atoms with Gasteiger partial charge in [0.05, 0.1) is 7.11 Å². The Morgan fingerprint density at radius 3 is 1.57 bits per heavy atom. The number of esters is 1. The number of benzene rings is 2. The average molecular weight is 327 g/mol. The van der Waals surface area contributed by atoms with Crippen LogP contribution in [0.2, 0.25) is 10.0 Å². The van der Waals surface area contributed by atoms with Gasteiger partial charge in [-0.15, -0.1) is 0 Å². The Labute approximate surface area is 132 Å². The quantitative estimate of drug-likeness (QED) is 0.616. The third-order valence-corrected chi connectivity index (χ3v) is 3.01. The first-order valence-electron chi connectivity index (χ1n) is 6.01. The van der Waals surface area contributed by atoms with E-state index in [1.54, 1.807) is 48.5 Å². The molecule has 0 aromatic heterocycles. The van der Waals surface area contributed by atoms with Gasteiger partial charge in [0.2, 0.25) is 0 Å². The zero-order valence-electron chi connectivity index (χ0n) is 11.1. The van der Waals surface area contributed by atoms with E-state index >= 15 is 0 Å². The van der Waals surface area contributed by atoms with Crippen molar-refractivity contribution in [2.75, 3.05) is 7.11 Å². The summed E-state index contributed by atoms with van der Waals surface area (Å²) in [6.07, 6.45) is -1.22. The number of hydrogen-bond donors (Lipinski definition) is 0. The fourth-order valence-electron chi connectivity index (χ4n) is 1.49. The summed E-state index contributed by atoms with van der Waals surface area (Å²) in [6, 6.07) is 13.1. The molecule has 0 saturated heterocycles. The van der Waals surface area contributed by atoms with Crippen LogP contribution in [0.5, 0.6) is 11.5 Å². The fraction of sp³-hybridized carbons (Fsp3) is 0.133. The standard InChI is InChI=1S/C15H12Cl2O4/c1-19-14(18)15(20-12-6-2-10(16)3-7-12)21-13-8-4-11(17)5-9-13/h2-9,15H,1H3. The summed E-state index contributed by atoms with van der Waals surface area (Å²) in [5.41, 5.74) is 0. The van der Waals surface area contributed by atoms with Crippen molar-refractivity contribution in [3.8, 4) is 11.5 Å². The summed E-state index contributed by atoms with van der Waals surface area (Å²) < 4.78 is 15.6. The summed E-state index contributed by atoms with van der Waals surface area (Å²) in [5.74, 6) is 0.215. The molecule has 2 aromatic rings. The smallest absolute Gasteiger partial charge is 0.389 e. The van der Waals surface area contributed by atoms with E-state index in [4.69, 9.17) is 32.7 Å². The van der Waals surface area contributed by atoms with Crippen LogP contribution >= 0.6 is 23.2 Å².